The molecule has 0 aliphatic carbocycles. The van der Waals surface area contributed by atoms with Gasteiger partial charge in [0.2, 0.25) is 0 Å². The van der Waals surface area contributed by atoms with Crippen molar-refractivity contribution in [3.63, 3.8) is 0 Å². The molecule has 3 aromatic rings. The molecule has 0 amide bonds. The van der Waals surface area contributed by atoms with Gasteiger partial charge < -0.3 is 13.9 Å². The van der Waals surface area contributed by atoms with Crippen LogP contribution in [0, 0.1) is 10.5 Å². The third kappa shape index (κ3) is 4.63. The number of carbonyl (C=O) groups is 1. The first-order chi connectivity index (χ1) is 14.0. The van der Waals surface area contributed by atoms with Crippen LogP contribution in [0.4, 0.5) is 0 Å². The van der Waals surface area contributed by atoms with Gasteiger partial charge in [-0.3, -0.25) is 0 Å². The molecule has 0 fully saturated rings. The maximum atomic E-state index is 12.7. The molecule has 0 aliphatic heterocycles. The summed E-state index contributed by atoms with van der Waals surface area (Å²) in [6.07, 6.45) is 0.290. The number of aryl methyl sites for hydroxylation is 1. The van der Waals surface area contributed by atoms with Crippen molar-refractivity contribution in [2.24, 2.45) is 0 Å². The number of esters is 1. The zero-order chi connectivity index (χ0) is 21.0. The molecule has 0 spiro atoms. The van der Waals surface area contributed by atoms with Crippen molar-refractivity contribution in [2.45, 2.75) is 39.7 Å². The smallest absolute Gasteiger partial charge is 0.347 e. The number of fused-ring (bicyclic) bond motifs is 1. The van der Waals surface area contributed by atoms with E-state index < -0.39 is 12.1 Å². The molecule has 2 aromatic carbocycles. The maximum Gasteiger partial charge on any atom is 0.347 e. The van der Waals surface area contributed by atoms with Crippen molar-refractivity contribution in [3.05, 3.63) is 73.1 Å². The highest BCUT2D eigenvalue weighted by atomic mass is 127. The fourth-order valence-corrected chi connectivity index (χ4v) is 3.89. The largest absolute Gasteiger partial charge is 0.477 e. The van der Waals surface area contributed by atoms with Gasteiger partial charge in [-0.05, 0) is 66.1 Å². The molecule has 5 nitrogen and oxygen atoms in total. The molecule has 1 atom stereocenters. The van der Waals surface area contributed by atoms with Crippen molar-refractivity contribution in [1.29, 1.82) is 0 Å². The minimum Gasteiger partial charge on any atom is -0.477 e. The molecule has 0 bridgehead atoms. The molecule has 0 saturated heterocycles. The number of hydrogen-bond donors (Lipinski definition) is 0. The van der Waals surface area contributed by atoms with Crippen molar-refractivity contribution in [1.82, 2.24) is 0 Å². The minimum absolute atomic E-state index is 0.297. The highest BCUT2D eigenvalue weighted by molar-refractivity contribution is 14.1. The summed E-state index contributed by atoms with van der Waals surface area (Å²) >= 11 is 2.09. The summed E-state index contributed by atoms with van der Waals surface area (Å²) < 4.78 is 17.3. The maximum absolute atomic E-state index is 12.7. The highest BCUT2D eigenvalue weighted by Crippen LogP contribution is 2.32. The molecule has 1 aromatic heterocycles. The standard InChI is InChI=1S/C23H23IO5/c1-4-18(23(26)27-5-2)28-19-12-11-16-14(3)17(13-15-9-7-6-8-10-15)22(25)29-21(16)20(19)24/h6-12,18H,4-5,13H2,1-3H3. The Hall–Kier alpha value is -2.35. The molecule has 29 heavy (non-hydrogen) atoms. The summed E-state index contributed by atoms with van der Waals surface area (Å²) in [5.41, 5.74) is 2.71. The van der Waals surface area contributed by atoms with Crippen molar-refractivity contribution >= 4 is 39.5 Å². The summed E-state index contributed by atoms with van der Waals surface area (Å²) in [7, 11) is 0. The molecule has 0 radical (unpaired) electrons. The van der Waals surface area contributed by atoms with Gasteiger partial charge in [-0.25, -0.2) is 9.59 Å². The summed E-state index contributed by atoms with van der Waals surface area (Å²) in [4.78, 5) is 24.8. The van der Waals surface area contributed by atoms with Crippen LogP contribution in [0.2, 0.25) is 0 Å². The van der Waals surface area contributed by atoms with Crippen LogP contribution in [0.5, 0.6) is 5.75 Å². The van der Waals surface area contributed by atoms with Crippen LogP contribution >= 0.6 is 22.6 Å². The van der Waals surface area contributed by atoms with E-state index in [1.807, 2.05) is 56.3 Å². The summed E-state index contributed by atoms with van der Waals surface area (Å²) in [6.45, 7) is 5.85. The molecular formula is C23H23IO5. The zero-order valence-electron chi connectivity index (χ0n) is 16.7. The van der Waals surface area contributed by atoms with Gasteiger partial charge in [0.1, 0.15) is 5.75 Å². The average molecular weight is 506 g/mol. The number of carbonyl (C=O) groups excluding carboxylic acids is 1. The Labute approximate surface area is 183 Å². The molecule has 152 valence electrons. The Kier molecular flexibility index (Phi) is 6.95. The lowest BCUT2D eigenvalue weighted by molar-refractivity contribution is -0.151. The van der Waals surface area contributed by atoms with E-state index in [4.69, 9.17) is 13.9 Å². The van der Waals surface area contributed by atoms with E-state index in [1.54, 1.807) is 6.92 Å². The van der Waals surface area contributed by atoms with E-state index >= 15 is 0 Å². The van der Waals surface area contributed by atoms with Gasteiger partial charge in [0.15, 0.2) is 11.7 Å². The molecule has 0 saturated carbocycles. The van der Waals surface area contributed by atoms with Crippen molar-refractivity contribution in [3.8, 4) is 5.75 Å². The average Bonchev–Trinajstić information content (AvgIpc) is 2.72. The number of ether oxygens (including phenoxy) is 2. The Balaban J connectivity index is 2.00. The fraction of sp³-hybridized carbons (Fsp3) is 0.304. The SMILES string of the molecule is CCOC(=O)C(CC)Oc1ccc2c(C)c(Cc3ccccc3)c(=O)oc2c1I. The quantitative estimate of drug-likeness (QED) is 0.256. The lowest BCUT2D eigenvalue weighted by atomic mass is 10.00. The fourth-order valence-electron chi connectivity index (χ4n) is 3.19. The van der Waals surface area contributed by atoms with Gasteiger partial charge in [0, 0.05) is 17.4 Å². The van der Waals surface area contributed by atoms with Crippen molar-refractivity contribution < 1.29 is 18.7 Å². The van der Waals surface area contributed by atoms with E-state index in [1.165, 1.54) is 0 Å². The van der Waals surface area contributed by atoms with Crippen LogP contribution in [-0.2, 0) is 16.0 Å². The third-order valence-corrected chi connectivity index (χ3v) is 5.79. The Bertz CT molecular complexity index is 1070. The number of benzene rings is 2. The molecule has 1 unspecified atom stereocenters. The first-order valence-corrected chi connectivity index (χ1v) is 10.7. The Morgan fingerprint density at radius 3 is 2.52 bits per heavy atom. The monoisotopic (exact) mass is 506 g/mol. The van der Waals surface area contributed by atoms with Crippen LogP contribution in [0.1, 0.15) is 37.0 Å². The molecule has 1 heterocycles. The number of hydrogen-bond acceptors (Lipinski definition) is 5. The van der Waals surface area contributed by atoms with Crippen LogP contribution in [-0.4, -0.2) is 18.7 Å². The molecule has 3 rings (SSSR count). The third-order valence-electron chi connectivity index (χ3n) is 4.77. The first-order valence-electron chi connectivity index (χ1n) is 9.58. The van der Waals surface area contributed by atoms with Crippen LogP contribution in [0.3, 0.4) is 0 Å². The predicted molar refractivity (Wildman–Crippen MR) is 121 cm³/mol. The van der Waals surface area contributed by atoms with E-state index in [2.05, 4.69) is 22.6 Å². The zero-order valence-corrected chi connectivity index (χ0v) is 18.8. The van der Waals surface area contributed by atoms with Crippen LogP contribution < -0.4 is 10.4 Å². The Morgan fingerprint density at radius 2 is 1.86 bits per heavy atom. The van der Waals surface area contributed by atoms with Gasteiger partial charge >= 0.3 is 11.6 Å². The van der Waals surface area contributed by atoms with Crippen LogP contribution in [0.15, 0.2) is 51.7 Å². The minimum atomic E-state index is -0.703. The van der Waals surface area contributed by atoms with Gasteiger partial charge in [0.25, 0.3) is 0 Å². The second kappa shape index (κ2) is 9.43. The van der Waals surface area contributed by atoms with Gasteiger partial charge in [-0.2, -0.15) is 0 Å². The topological polar surface area (TPSA) is 65.7 Å². The molecule has 0 aliphatic rings. The Morgan fingerprint density at radius 1 is 1.14 bits per heavy atom. The second-order valence-electron chi connectivity index (χ2n) is 6.68. The van der Waals surface area contributed by atoms with E-state index in [0.29, 0.717) is 39.9 Å². The van der Waals surface area contributed by atoms with Gasteiger partial charge in [-0.1, -0.05) is 37.3 Å². The van der Waals surface area contributed by atoms with E-state index in [9.17, 15) is 9.59 Å². The van der Waals surface area contributed by atoms with E-state index in [0.717, 1.165) is 16.5 Å². The van der Waals surface area contributed by atoms with E-state index in [-0.39, 0.29) is 5.63 Å². The molecular weight excluding hydrogens is 483 g/mol. The lowest BCUT2D eigenvalue weighted by Crippen LogP contribution is -2.29. The van der Waals surface area contributed by atoms with Crippen LogP contribution in [0.25, 0.3) is 11.0 Å². The van der Waals surface area contributed by atoms with Crippen molar-refractivity contribution in [2.75, 3.05) is 6.61 Å². The summed E-state index contributed by atoms with van der Waals surface area (Å²) in [5.74, 6) is 0.0955. The molecule has 6 heteroatoms. The lowest BCUT2D eigenvalue weighted by Gasteiger charge is -2.18. The highest BCUT2D eigenvalue weighted by Gasteiger charge is 2.23. The number of rotatable bonds is 7. The normalized spacial score (nSPS) is 12.0. The summed E-state index contributed by atoms with van der Waals surface area (Å²) in [6, 6.07) is 13.5. The van der Waals surface area contributed by atoms with Gasteiger partial charge in [0.05, 0.1) is 10.2 Å². The first kappa shape index (κ1) is 21.4. The second-order valence-corrected chi connectivity index (χ2v) is 7.76. The van der Waals surface area contributed by atoms with Gasteiger partial charge in [-0.15, -0.1) is 0 Å². The predicted octanol–water partition coefficient (Wildman–Crippen LogP) is 5.02. The summed E-state index contributed by atoms with van der Waals surface area (Å²) in [5, 5.41) is 0.858. The number of halogens is 1. The molecule has 0 N–H and O–H groups in total.